The fourth-order valence-electron chi connectivity index (χ4n) is 1.34. The fraction of sp³-hybridized carbons (Fsp3) is 0.714. The Morgan fingerprint density at radius 1 is 1.82 bits per heavy atom. The van der Waals surface area contributed by atoms with Gasteiger partial charge in [0, 0.05) is 6.54 Å². The molecule has 0 radical (unpaired) electrons. The summed E-state index contributed by atoms with van der Waals surface area (Å²) in [6.07, 6.45) is 0.916. The van der Waals surface area contributed by atoms with Gasteiger partial charge >= 0.3 is 0 Å². The summed E-state index contributed by atoms with van der Waals surface area (Å²) < 4.78 is 0. The van der Waals surface area contributed by atoms with Crippen molar-refractivity contribution < 1.29 is 4.79 Å². The van der Waals surface area contributed by atoms with Crippen molar-refractivity contribution in [3.8, 4) is 0 Å². The first-order valence-corrected chi connectivity index (χ1v) is 4.73. The van der Waals surface area contributed by atoms with Crippen molar-refractivity contribution >= 4 is 22.8 Å². The summed E-state index contributed by atoms with van der Waals surface area (Å²) >= 11 is 1.62. The molecule has 0 N–H and O–H groups in total. The lowest BCUT2D eigenvalue weighted by molar-refractivity contribution is -0.125. The van der Waals surface area contributed by atoms with E-state index in [9.17, 15) is 4.79 Å². The normalized spacial score (nSPS) is 29.2. The lowest BCUT2D eigenvalue weighted by Gasteiger charge is -2.07. The Morgan fingerprint density at radius 2 is 2.64 bits per heavy atom. The Kier molecular flexibility index (Phi) is 1.64. The molecule has 0 saturated carbocycles. The maximum Gasteiger partial charge on any atom is 0.242 e. The second-order valence-electron chi connectivity index (χ2n) is 2.67. The Hall–Kier alpha value is -0.510. The number of carbonyl (C=O) groups excluding carboxylic acids is 1. The maximum atomic E-state index is 11.4. The predicted molar refractivity (Wildman–Crippen MR) is 45.7 cm³/mol. The van der Waals surface area contributed by atoms with Crippen molar-refractivity contribution in [3.05, 3.63) is 0 Å². The van der Waals surface area contributed by atoms with E-state index in [-0.39, 0.29) is 11.2 Å². The van der Waals surface area contributed by atoms with Crippen molar-refractivity contribution in [2.45, 2.75) is 18.6 Å². The average Bonchev–Trinajstić information content (AvgIpc) is 2.53. The van der Waals surface area contributed by atoms with Gasteiger partial charge in [0.1, 0.15) is 0 Å². The smallest absolute Gasteiger partial charge is 0.242 e. The zero-order chi connectivity index (χ0) is 7.84. The molecule has 2 aliphatic heterocycles. The summed E-state index contributed by atoms with van der Waals surface area (Å²) in [4.78, 5) is 17.5. The molecule has 2 heterocycles. The second kappa shape index (κ2) is 2.52. The monoisotopic (exact) mass is 170 g/mol. The molecule has 2 aliphatic rings. The highest BCUT2D eigenvalue weighted by Crippen LogP contribution is 2.30. The topological polar surface area (TPSA) is 32.7 Å². The van der Waals surface area contributed by atoms with Gasteiger partial charge in [0.2, 0.25) is 5.91 Å². The minimum atomic E-state index is 0.147. The molecule has 4 heteroatoms. The third-order valence-electron chi connectivity index (χ3n) is 1.96. The number of nitrogens with zero attached hydrogens (tertiary/aromatic N) is 2. The molecule has 1 saturated heterocycles. The van der Waals surface area contributed by atoms with Crippen LogP contribution in [0.2, 0.25) is 0 Å². The number of thioether (sulfide) groups is 1. The van der Waals surface area contributed by atoms with Gasteiger partial charge in [0.15, 0.2) is 5.17 Å². The van der Waals surface area contributed by atoms with Crippen LogP contribution in [0.4, 0.5) is 0 Å². The average molecular weight is 170 g/mol. The first kappa shape index (κ1) is 7.16. The lowest BCUT2D eigenvalue weighted by atomic mass is 10.3. The Balaban J connectivity index is 2.20. The molecule has 0 aromatic rings. The number of aliphatic imine (C=N–C) groups is 1. The number of carbonyl (C=O) groups is 1. The van der Waals surface area contributed by atoms with Crippen LogP contribution < -0.4 is 0 Å². The van der Waals surface area contributed by atoms with Crippen LogP contribution in [-0.4, -0.2) is 34.3 Å². The van der Waals surface area contributed by atoms with Gasteiger partial charge in [-0.05, 0) is 6.42 Å². The quantitative estimate of drug-likeness (QED) is 0.580. The van der Waals surface area contributed by atoms with Crippen LogP contribution >= 0.6 is 11.8 Å². The number of hydrogen-bond acceptors (Lipinski definition) is 3. The number of amidine groups is 1. The minimum absolute atomic E-state index is 0.147. The van der Waals surface area contributed by atoms with Crippen molar-refractivity contribution in [2.75, 3.05) is 13.1 Å². The molecule has 1 fully saturated rings. The fourth-order valence-corrected chi connectivity index (χ4v) is 2.46. The SMILES string of the molecule is CCC1SC2=NCCN2C1=O. The second-order valence-corrected chi connectivity index (χ2v) is 3.84. The van der Waals surface area contributed by atoms with Gasteiger partial charge in [-0.3, -0.25) is 14.7 Å². The third kappa shape index (κ3) is 0.965. The highest BCUT2D eigenvalue weighted by Gasteiger charge is 2.38. The van der Waals surface area contributed by atoms with E-state index in [1.165, 1.54) is 0 Å². The highest BCUT2D eigenvalue weighted by atomic mass is 32.2. The predicted octanol–water partition coefficient (Wildman–Crippen LogP) is 0.710. The first-order valence-electron chi connectivity index (χ1n) is 3.85. The van der Waals surface area contributed by atoms with Gasteiger partial charge in [-0.25, -0.2) is 0 Å². The number of fused-ring (bicyclic) bond motifs is 1. The molecule has 0 bridgehead atoms. The molecular formula is C7H10N2OS. The van der Waals surface area contributed by atoms with Crippen molar-refractivity contribution in [2.24, 2.45) is 4.99 Å². The number of rotatable bonds is 1. The van der Waals surface area contributed by atoms with Crippen molar-refractivity contribution in [3.63, 3.8) is 0 Å². The van der Waals surface area contributed by atoms with Crippen LogP contribution in [0.1, 0.15) is 13.3 Å². The Morgan fingerprint density at radius 3 is 3.27 bits per heavy atom. The summed E-state index contributed by atoms with van der Waals surface area (Å²) in [6.45, 7) is 3.64. The highest BCUT2D eigenvalue weighted by molar-refractivity contribution is 8.15. The Labute approximate surface area is 69.9 Å². The van der Waals surface area contributed by atoms with Gasteiger partial charge in [0.05, 0.1) is 11.8 Å². The summed E-state index contributed by atoms with van der Waals surface area (Å²) in [5.74, 6) is 0.258. The van der Waals surface area contributed by atoms with Crippen molar-refractivity contribution in [1.29, 1.82) is 0 Å². The van der Waals surface area contributed by atoms with E-state index < -0.39 is 0 Å². The zero-order valence-electron chi connectivity index (χ0n) is 6.41. The van der Waals surface area contributed by atoms with Gasteiger partial charge in [-0.2, -0.15) is 0 Å². The summed E-state index contributed by atoms with van der Waals surface area (Å²) in [5.41, 5.74) is 0. The molecule has 0 spiro atoms. The van der Waals surface area contributed by atoms with E-state index in [4.69, 9.17) is 0 Å². The molecule has 60 valence electrons. The zero-order valence-corrected chi connectivity index (χ0v) is 7.23. The number of amides is 1. The van der Waals surface area contributed by atoms with E-state index in [2.05, 4.69) is 4.99 Å². The molecule has 0 aromatic carbocycles. The van der Waals surface area contributed by atoms with Crippen molar-refractivity contribution in [1.82, 2.24) is 4.90 Å². The molecule has 2 rings (SSSR count). The van der Waals surface area contributed by atoms with Crippen LogP contribution in [0, 0.1) is 0 Å². The van der Waals surface area contributed by atoms with E-state index in [1.807, 2.05) is 6.92 Å². The molecular weight excluding hydrogens is 160 g/mol. The first-order chi connectivity index (χ1) is 5.33. The lowest BCUT2D eigenvalue weighted by Crippen LogP contribution is -2.30. The molecule has 3 nitrogen and oxygen atoms in total. The number of hydrogen-bond donors (Lipinski definition) is 0. The van der Waals surface area contributed by atoms with Gasteiger partial charge in [-0.1, -0.05) is 18.7 Å². The van der Waals surface area contributed by atoms with Gasteiger partial charge in [0.25, 0.3) is 0 Å². The van der Waals surface area contributed by atoms with E-state index in [0.717, 1.165) is 24.7 Å². The molecule has 1 atom stereocenters. The maximum absolute atomic E-state index is 11.4. The van der Waals surface area contributed by atoms with E-state index in [0.29, 0.717) is 0 Å². The van der Waals surface area contributed by atoms with Crippen LogP contribution in [0.15, 0.2) is 4.99 Å². The summed E-state index contributed by atoms with van der Waals surface area (Å²) in [7, 11) is 0. The minimum Gasteiger partial charge on any atom is -0.289 e. The largest absolute Gasteiger partial charge is 0.289 e. The van der Waals surface area contributed by atoms with Crippen LogP contribution in [0.3, 0.4) is 0 Å². The molecule has 11 heavy (non-hydrogen) atoms. The molecule has 0 aliphatic carbocycles. The van der Waals surface area contributed by atoms with E-state index in [1.54, 1.807) is 16.7 Å². The summed E-state index contributed by atoms with van der Waals surface area (Å²) in [6, 6.07) is 0. The molecule has 0 aromatic heterocycles. The summed E-state index contributed by atoms with van der Waals surface area (Å²) in [5, 5.41) is 1.09. The third-order valence-corrected chi connectivity index (χ3v) is 3.34. The van der Waals surface area contributed by atoms with Gasteiger partial charge in [-0.15, -0.1) is 0 Å². The molecule has 1 unspecified atom stereocenters. The Bertz CT molecular complexity index is 226. The standard InChI is InChI=1S/C7H10N2OS/c1-2-5-6(10)9-4-3-8-7(9)11-5/h5H,2-4H2,1H3. The molecule has 1 amide bonds. The van der Waals surface area contributed by atoms with E-state index >= 15 is 0 Å². The van der Waals surface area contributed by atoms with Crippen LogP contribution in [0.25, 0.3) is 0 Å². The van der Waals surface area contributed by atoms with Gasteiger partial charge < -0.3 is 0 Å². The van der Waals surface area contributed by atoms with Crippen LogP contribution in [0.5, 0.6) is 0 Å². The van der Waals surface area contributed by atoms with Crippen LogP contribution in [-0.2, 0) is 4.79 Å².